The Morgan fingerprint density at radius 3 is 2.88 bits per heavy atom. The van der Waals surface area contributed by atoms with Crippen LogP contribution in [0.4, 0.5) is 0 Å². The van der Waals surface area contributed by atoms with Crippen LogP contribution >= 0.6 is 0 Å². The Morgan fingerprint density at radius 2 is 2.06 bits per heavy atom. The minimum absolute atomic E-state index is 0.0996. The molecule has 17 heavy (non-hydrogen) atoms. The third kappa shape index (κ3) is 2.06. The van der Waals surface area contributed by atoms with E-state index < -0.39 is 0 Å². The maximum Gasteiger partial charge on any atom is 0.132 e. The summed E-state index contributed by atoms with van der Waals surface area (Å²) in [6.45, 7) is 0. The fourth-order valence-electron chi connectivity index (χ4n) is 2.28. The zero-order valence-electron chi connectivity index (χ0n) is 9.63. The zero-order chi connectivity index (χ0) is 11.7. The van der Waals surface area contributed by atoms with Gasteiger partial charge in [0.15, 0.2) is 0 Å². The second-order valence-electron chi connectivity index (χ2n) is 4.50. The van der Waals surface area contributed by atoms with E-state index in [1.54, 1.807) is 0 Å². The Bertz CT molecular complexity index is 522. The number of hydrogen-bond acceptors (Lipinski definition) is 3. The first-order valence-corrected chi connectivity index (χ1v) is 5.97. The van der Waals surface area contributed by atoms with Gasteiger partial charge >= 0.3 is 0 Å². The number of nitrogens with two attached hydrogens (primary N) is 1. The van der Waals surface area contributed by atoms with E-state index in [9.17, 15) is 0 Å². The van der Waals surface area contributed by atoms with E-state index in [1.165, 1.54) is 11.1 Å². The molecule has 0 fully saturated rings. The number of rotatable bonds is 2. The third-order valence-corrected chi connectivity index (χ3v) is 3.23. The Kier molecular flexibility index (Phi) is 2.61. The molecule has 3 rings (SSSR count). The van der Waals surface area contributed by atoms with Crippen LogP contribution in [0.15, 0.2) is 36.5 Å². The molecule has 1 atom stereocenters. The Labute approximate surface area is 101 Å². The van der Waals surface area contributed by atoms with E-state index in [2.05, 4.69) is 22.1 Å². The van der Waals surface area contributed by atoms with Gasteiger partial charge in [-0.25, -0.2) is 9.97 Å². The lowest BCUT2D eigenvalue weighted by Crippen LogP contribution is -2.09. The molecule has 1 heterocycles. The van der Waals surface area contributed by atoms with Crippen molar-refractivity contribution >= 4 is 0 Å². The standard InChI is InChI=1S/C14H15N3/c15-12-7-6-11-9-16-13(17-14(11)12)8-10-4-2-1-3-5-10/h1-5,9,12H,6-8,15H2. The lowest BCUT2D eigenvalue weighted by atomic mass is 10.1. The molecule has 0 spiro atoms. The van der Waals surface area contributed by atoms with Crippen LogP contribution < -0.4 is 5.73 Å². The SMILES string of the molecule is NC1CCc2cnc(Cc3ccccc3)nc21. The third-order valence-electron chi connectivity index (χ3n) is 3.23. The number of nitrogens with zero attached hydrogens (tertiary/aromatic N) is 2. The second kappa shape index (κ2) is 4.26. The molecule has 1 aromatic carbocycles. The van der Waals surface area contributed by atoms with Gasteiger partial charge in [-0.3, -0.25) is 0 Å². The number of hydrogen-bond donors (Lipinski definition) is 1. The van der Waals surface area contributed by atoms with E-state index in [1.807, 2.05) is 24.4 Å². The van der Waals surface area contributed by atoms with Crippen LogP contribution in [0, 0.1) is 0 Å². The molecule has 0 bridgehead atoms. The first-order chi connectivity index (χ1) is 8.33. The second-order valence-corrected chi connectivity index (χ2v) is 4.50. The highest BCUT2D eigenvalue weighted by Crippen LogP contribution is 2.26. The van der Waals surface area contributed by atoms with Crippen LogP contribution in [-0.2, 0) is 12.8 Å². The Hall–Kier alpha value is -1.74. The molecule has 0 radical (unpaired) electrons. The minimum atomic E-state index is 0.0996. The molecule has 1 aliphatic carbocycles. The van der Waals surface area contributed by atoms with Gasteiger partial charge in [-0.2, -0.15) is 0 Å². The monoisotopic (exact) mass is 225 g/mol. The van der Waals surface area contributed by atoms with Crippen LogP contribution in [0.1, 0.15) is 35.1 Å². The number of benzene rings is 1. The van der Waals surface area contributed by atoms with Crippen molar-refractivity contribution in [1.82, 2.24) is 9.97 Å². The first-order valence-electron chi connectivity index (χ1n) is 5.97. The summed E-state index contributed by atoms with van der Waals surface area (Å²) >= 11 is 0. The van der Waals surface area contributed by atoms with Gasteiger partial charge in [0.25, 0.3) is 0 Å². The normalized spacial score (nSPS) is 18.1. The van der Waals surface area contributed by atoms with E-state index in [-0.39, 0.29) is 6.04 Å². The highest BCUT2D eigenvalue weighted by Gasteiger charge is 2.21. The Balaban J connectivity index is 1.88. The smallest absolute Gasteiger partial charge is 0.132 e. The summed E-state index contributed by atoms with van der Waals surface area (Å²) in [6, 6.07) is 10.4. The van der Waals surface area contributed by atoms with Crippen molar-refractivity contribution in [3.8, 4) is 0 Å². The molecule has 86 valence electrons. The summed E-state index contributed by atoms with van der Waals surface area (Å²) in [5.74, 6) is 0.868. The summed E-state index contributed by atoms with van der Waals surface area (Å²) in [5, 5.41) is 0. The van der Waals surface area contributed by atoms with Gasteiger partial charge in [0.05, 0.1) is 5.69 Å². The van der Waals surface area contributed by atoms with E-state index in [0.29, 0.717) is 0 Å². The van der Waals surface area contributed by atoms with Crippen LogP contribution in [-0.4, -0.2) is 9.97 Å². The minimum Gasteiger partial charge on any atom is -0.323 e. The molecule has 0 saturated carbocycles. The predicted molar refractivity (Wildman–Crippen MR) is 66.5 cm³/mol. The van der Waals surface area contributed by atoms with Crippen molar-refractivity contribution in [3.05, 3.63) is 59.2 Å². The highest BCUT2D eigenvalue weighted by atomic mass is 14.9. The largest absolute Gasteiger partial charge is 0.323 e. The van der Waals surface area contributed by atoms with Gasteiger partial charge in [-0.05, 0) is 24.0 Å². The lowest BCUT2D eigenvalue weighted by Gasteiger charge is -2.06. The van der Waals surface area contributed by atoms with E-state index in [0.717, 1.165) is 30.8 Å². The van der Waals surface area contributed by atoms with Crippen LogP contribution in [0.2, 0.25) is 0 Å². The topological polar surface area (TPSA) is 51.8 Å². The summed E-state index contributed by atoms with van der Waals surface area (Å²) in [6.07, 6.45) is 4.73. The van der Waals surface area contributed by atoms with Crippen molar-refractivity contribution in [2.45, 2.75) is 25.3 Å². The van der Waals surface area contributed by atoms with E-state index in [4.69, 9.17) is 5.73 Å². The molecule has 3 heteroatoms. The fraction of sp³-hybridized carbons (Fsp3) is 0.286. The predicted octanol–water partition coefficient (Wildman–Crippen LogP) is 2.01. The molecule has 1 aromatic heterocycles. The maximum atomic E-state index is 6.02. The molecule has 2 N–H and O–H groups in total. The summed E-state index contributed by atoms with van der Waals surface area (Å²) in [5.41, 5.74) is 9.52. The van der Waals surface area contributed by atoms with Crippen molar-refractivity contribution < 1.29 is 0 Å². The number of aryl methyl sites for hydroxylation is 1. The van der Waals surface area contributed by atoms with Gasteiger partial charge in [-0.1, -0.05) is 30.3 Å². The molecule has 3 nitrogen and oxygen atoms in total. The summed E-state index contributed by atoms with van der Waals surface area (Å²) < 4.78 is 0. The molecule has 0 saturated heterocycles. The zero-order valence-corrected chi connectivity index (χ0v) is 9.63. The van der Waals surface area contributed by atoms with Crippen LogP contribution in [0.5, 0.6) is 0 Å². The lowest BCUT2D eigenvalue weighted by molar-refractivity contribution is 0.693. The first kappa shape index (κ1) is 10.4. The van der Waals surface area contributed by atoms with Gasteiger partial charge < -0.3 is 5.73 Å². The molecule has 1 unspecified atom stereocenters. The molecular weight excluding hydrogens is 210 g/mol. The van der Waals surface area contributed by atoms with Gasteiger partial charge in [0.1, 0.15) is 5.82 Å². The molecule has 0 amide bonds. The average molecular weight is 225 g/mol. The van der Waals surface area contributed by atoms with E-state index >= 15 is 0 Å². The molecule has 1 aliphatic rings. The van der Waals surface area contributed by atoms with Crippen molar-refractivity contribution in [3.63, 3.8) is 0 Å². The summed E-state index contributed by atoms with van der Waals surface area (Å²) in [7, 11) is 0. The molecule has 2 aromatic rings. The van der Waals surface area contributed by atoms with Crippen molar-refractivity contribution in [2.75, 3.05) is 0 Å². The fourth-order valence-corrected chi connectivity index (χ4v) is 2.28. The average Bonchev–Trinajstić information content (AvgIpc) is 2.73. The number of fused-ring (bicyclic) bond motifs is 1. The van der Waals surface area contributed by atoms with Crippen LogP contribution in [0.3, 0.4) is 0 Å². The van der Waals surface area contributed by atoms with Gasteiger partial charge in [0, 0.05) is 18.7 Å². The number of aromatic nitrogens is 2. The van der Waals surface area contributed by atoms with Crippen molar-refractivity contribution in [2.24, 2.45) is 5.73 Å². The summed E-state index contributed by atoms with van der Waals surface area (Å²) in [4.78, 5) is 9.01. The highest BCUT2D eigenvalue weighted by molar-refractivity contribution is 5.27. The van der Waals surface area contributed by atoms with Crippen LogP contribution in [0.25, 0.3) is 0 Å². The quantitative estimate of drug-likeness (QED) is 0.850. The molecule has 0 aliphatic heterocycles. The van der Waals surface area contributed by atoms with Crippen molar-refractivity contribution in [1.29, 1.82) is 0 Å². The molecular formula is C14H15N3. The Morgan fingerprint density at radius 1 is 1.24 bits per heavy atom. The van der Waals surface area contributed by atoms with Gasteiger partial charge in [0.2, 0.25) is 0 Å². The maximum absolute atomic E-state index is 6.02. The van der Waals surface area contributed by atoms with Gasteiger partial charge in [-0.15, -0.1) is 0 Å².